The Morgan fingerprint density at radius 2 is 2.00 bits per heavy atom. The van der Waals surface area contributed by atoms with E-state index in [-0.39, 0.29) is 0 Å². The van der Waals surface area contributed by atoms with Crippen molar-refractivity contribution in [2.75, 3.05) is 0 Å². The van der Waals surface area contributed by atoms with Gasteiger partial charge in [0.05, 0.1) is 6.20 Å². The fourth-order valence-electron chi connectivity index (χ4n) is 1.57. The number of benzene rings is 1. The second-order valence-electron chi connectivity index (χ2n) is 4.05. The molecule has 2 N–H and O–H groups in total. The van der Waals surface area contributed by atoms with Gasteiger partial charge in [0.25, 0.3) is 0 Å². The van der Waals surface area contributed by atoms with Crippen molar-refractivity contribution in [2.45, 2.75) is 20.4 Å². The molecule has 0 unspecified atom stereocenters. The molecule has 3 heteroatoms. The van der Waals surface area contributed by atoms with Crippen molar-refractivity contribution in [2.24, 2.45) is 5.73 Å². The minimum Gasteiger partial charge on any atom is -0.455 e. The number of nitrogens with zero attached hydrogens (tertiary/aromatic N) is 1. The van der Waals surface area contributed by atoms with Gasteiger partial charge in [-0.1, -0.05) is 12.1 Å². The predicted octanol–water partition coefficient (Wildman–Crippen LogP) is 2.95. The number of nitrogens with two attached hydrogens (primary N) is 1. The van der Waals surface area contributed by atoms with Crippen LogP contribution in [0.3, 0.4) is 0 Å². The summed E-state index contributed by atoms with van der Waals surface area (Å²) in [7, 11) is 0. The van der Waals surface area contributed by atoms with Crippen LogP contribution in [0.15, 0.2) is 36.5 Å². The number of pyridine rings is 1. The van der Waals surface area contributed by atoms with Crippen LogP contribution < -0.4 is 10.5 Å². The van der Waals surface area contributed by atoms with Crippen molar-refractivity contribution < 1.29 is 4.74 Å². The second-order valence-corrected chi connectivity index (χ2v) is 4.05. The van der Waals surface area contributed by atoms with Gasteiger partial charge in [0.15, 0.2) is 0 Å². The average molecular weight is 228 g/mol. The molecule has 0 fully saturated rings. The Morgan fingerprint density at radius 1 is 1.18 bits per heavy atom. The van der Waals surface area contributed by atoms with E-state index in [0.29, 0.717) is 6.54 Å². The summed E-state index contributed by atoms with van der Waals surface area (Å²) < 4.78 is 5.79. The number of aryl methyl sites for hydroxylation is 2. The molecule has 88 valence electrons. The molecular weight excluding hydrogens is 212 g/mol. The van der Waals surface area contributed by atoms with Crippen LogP contribution in [0.1, 0.15) is 16.8 Å². The summed E-state index contributed by atoms with van der Waals surface area (Å²) in [6.07, 6.45) is 1.72. The van der Waals surface area contributed by atoms with Crippen LogP contribution >= 0.6 is 0 Å². The van der Waals surface area contributed by atoms with E-state index in [0.717, 1.165) is 28.3 Å². The number of aromatic nitrogens is 1. The van der Waals surface area contributed by atoms with Gasteiger partial charge in [0, 0.05) is 17.8 Å². The van der Waals surface area contributed by atoms with Gasteiger partial charge >= 0.3 is 0 Å². The van der Waals surface area contributed by atoms with E-state index in [1.54, 1.807) is 6.20 Å². The van der Waals surface area contributed by atoms with Crippen LogP contribution in [0, 0.1) is 13.8 Å². The molecule has 2 aromatic rings. The summed E-state index contributed by atoms with van der Waals surface area (Å²) in [6.45, 7) is 4.44. The molecular formula is C14H16N2O. The van der Waals surface area contributed by atoms with Crippen molar-refractivity contribution in [1.29, 1.82) is 0 Å². The summed E-state index contributed by atoms with van der Waals surface area (Å²) >= 11 is 0. The van der Waals surface area contributed by atoms with E-state index < -0.39 is 0 Å². The SMILES string of the molecule is Cc1ccc(CN)c(Oc2ccc(C)nc2)c1. The zero-order valence-electron chi connectivity index (χ0n) is 10.1. The summed E-state index contributed by atoms with van der Waals surface area (Å²) in [5.41, 5.74) is 8.80. The van der Waals surface area contributed by atoms with E-state index >= 15 is 0 Å². The lowest BCUT2D eigenvalue weighted by molar-refractivity contribution is 0.473. The molecule has 0 radical (unpaired) electrons. The molecule has 17 heavy (non-hydrogen) atoms. The molecule has 0 amide bonds. The second kappa shape index (κ2) is 4.97. The maximum absolute atomic E-state index is 5.79. The highest BCUT2D eigenvalue weighted by atomic mass is 16.5. The highest BCUT2D eigenvalue weighted by molar-refractivity contribution is 5.40. The molecule has 2 rings (SSSR count). The minimum absolute atomic E-state index is 0.467. The Balaban J connectivity index is 2.28. The topological polar surface area (TPSA) is 48.1 Å². The van der Waals surface area contributed by atoms with Crippen molar-refractivity contribution in [1.82, 2.24) is 4.98 Å². The van der Waals surface area contributed by atoms with Crippen molar-refractivity contribution in [3.05, 3.63) is 53.3 Å². The first-order valence-corrected chi connectivity index (χ1v) is 5.59. The Labute approximate surface area is 101 Å². The maximum Gasteiger partial charge on any atom is 0.145 e. The Hall–Kier alpha value is -1.87. The first-order chi connectivity index (χ1) is 8.19. The highest BCUT2D eigenvalue weighted by Gasteiger charge is 2.04. The molecule has 0 bridgehead atoms. The Morgan fingerprint density at radius 3 is 2.65 bits per heavy atom. The summed E-state index contributed by atoms with van der Waals surface area (Å²) in [6, 6.07) is 9.84. The first-order valence-electron chi connectivity index (χ1n) is 5.59. The average Bonchev–Trinajstić information content (AvgIpc) is 2.32. The molecule has 3 nitrogen and oxygen atoms in total. The molecule has 1 aromatic carbocycles. The monoisotopic (exact) mass is 228 g/mol. The van der Waals surface area contributed by atoms with Crippen LogP contribution in [0.5, 0.6) is 11.5 Å². The fourth-order valence-corrected chi connectivity index (χ4v) is 1.57. The normalized spacial score (nSPS) is 10.3. The molecule has 0 atom stereocenters. The predicted molar refractivity (Wildman–Crippen MR) is 68.1 cm³/mol. The minimum atomic E-state index is 0.467. The van der Waals surface area contributed by atoms with Gasteiger partial charge in [0.2, 0.25) is 0 Å². The van der Waals surface area contributed by atoms with Crippen LogP contribution in [0.4, 0.5) is 0 Å². The molecule has 0 spiro atoms. The third kappa shape index (κ3) is 2.82. The summed E-state index contributed by atoms with van der Waals surface area (Å²) in [5.74, 6) is 1.54. The van der Waals surface area contributed by atoms with E-state index in [1.807, 2.05) is 44.2 Å². The van der Waals surface area contributed by atoms with Gasteiger partial charge in [-0.05, 0) is 37.6 Å². The Bertz CT molecular complexity index is 506. The van der Waals surface area contributed by atoms with Gasteiger partial charge < -0.3 is 10.5 Å². The summed E-state index contributed by atoms with van der Waals surface area (Å²) in [4.78, 5) is 4.20. The van der Waals surface area contributed by atoms with E-state index in [9.17, 15) is 0 Å². The third-order valence-electron chi connectivity index (χ3n) is 2.55. The van der Waals surface area contributed by atoms with Gasteiger partial charge in [-0.15, -0.1) is 0 Å². The smallest absolute Gasteiger partial charge is 0.145 e. The number of ether oxygens (including phenoxy) is 1. The zero-order valence-corrected chi connectivity index (χ0v) is 10.1. The fraction of sp³-hybridized carbons (Fsp3) is 0.214. The van der Waals surface area contributed by atoms with Crippen molar-refractivity contribution in [3.8, 4) is 11.5 Å². The van der Waals surface area contributed by atoms with Gasteiger partial charge in [-0.2, -0.15) is 0 Å². The van der Waals surface area contributed by atoms with Crippen LogP contribution in [0.2, 0.25) is 0 Å². The molecule has 0 aliphatic heterocycles. The number of hydrogen-bond acceptors (Lipinski definition) is 3. The number of rotatable bonds is 3. The van der Waals surface area contributed by atoms with Crippen molar-refractivity contribution >= 4 is 0 Å². The lowest BCUT2D eigenvalue weighted by Crippen LogP contribution is -2.00. The lowest BCUT2D eigenvalue weighted by Gasteiger charge is -2.10. The van der Waals surface area contributed by atoms with Gasteiger partial charge in [-0.3, -0.25) is 4.98 Å². The molecule has 1 aromatic heterocycles. The van der Waals surface area contributed by atoms with Crippen LogP contribution in [-0.2, 0) is 6.54 Å². The van der Waals surface area contributed by atoms with Crippen LogP contribution in [0.25, 0.3) is 0 Å². The van der Waals surface area contributed by atoms with Crippen molar-refractivity contribution in [3.63, 3.8) is 0 Å². The van der Waals surface area contributed by atoms with Crippen LogP contribution in [-0.4, -0.2) is 4.98 Å². The largest absolute Gasteiger partial charge is 0.455 e. The molecule has 0 aliphatic carbocycles. The third-order valence-corrected chi connectivity index (χ3v) is 2.55. The molecule has 1 heterocycles. The number of hydrogen-bond donors (Lipinski definition) is 1. The lowest BCUT2D eigenvalue weighted by atomic mass is 10.1. The molecule has 0 saturated carbocycles. The first kappa shape index (κ1) is 11.6. The summed E-state index contributed by atoms with van der Waals surface area (Å²) in [5, 5.41) is 0. The van der Waals surface area contributed by atoms with E-state index in [1.165, 1.54) is 0 Å². The molecule has 0 aliphatic rings. The standard InChI is InChI=1S/C14H16N2O/c1-10-3-5-12(8-15)14(7-10)17-13-6-4-11(2)16-9-13/h3-7,9H,8,15H2,1-2H3. The highest BCUT2D eigenvalue weighted by Crippen LogP contribution is 2.25. The molecule has 0 saturated heterocycles. The quantitative estimate of drug-likeness (QED) is 0.878. The zero-order chi connectivity index (χ0) is 12.3. The van der Waals surface area contributed by atoms with Gasteiger partial charge in [-0.25, -0.2) is 0 Å². The van der Waals surface area contributed by atoms with Gasteiger partial charge in [0.1, 0.15) is 11.5 Å². The maximum atomic E-state index is 5.79. The van der Waals surface area contributed by atoms with E-state index in [4.69, 9.17) is 10.5 Å². The Kier molecular flexibility index (Phi) is 3.40. The van der Waals surface area contributed by atoms with E-state index in [2.05, 4.69) is 4.98 Å².